The molecule has 0 aliphatic rings. The summed E-state index contributed by atoms with van der Waals surface area (Å²) in [6.07, 6.45) is 0. The van der Waals surface area contributed by atoms with Crippen molar-refractivity contribution in [1.82, 2.24) is 11.0 Å². The minimum Gasteiger partial charge on any atom is -0.243 e. The summed E-state index contributed by atoms with van der Waals surface area (Å²) in [5.41, 5.74) is 6.74. The SMILES string of the molecule is CN=NN=C(C)C(C)=NNNC. The molecule has 0 aromatic heterocycles. The van der Waals surface area contributed by atoms with Crippen molar-refractivity contribution in [2.45, 2.75) is 13.8 Å². The first-order valence-electron chi connectivity index (χ1n) is 3.52. The number of hydrazone groups is 1. The van der Waals surface area contributed by atoms with Crippen LogP contribution in [0.15, 0.2) is 20.5 Å². The van der Waals surface area contributed by atoms with E-state index in [4.69, 9.17) is 0 Å². The molecule has 0 bridgehead atoms. The van der Waals surface area contributed by atoms with E-state index in [1.165, 1.54) is 0 Å². The van der Waals surface area contributed by atoms with Crippen molar-refractivity contribution in [2.75, 3.05) is 14.1 Å². The summed E-state index contributed by atoms with van der Waals surface area (Å²) < 4.78 is 0. The maximum atomic E-state index is 3.92. The van der Waals surface area contributed by atoms with Crippen LogP contribution in [0.1, 0.15) is 13.8 Å². The van der Waals surface area contributed by atoms with Gasteiger partial charge in [0.05, 0.1) is 18.5 Å². The Labute approximate surface area is 71.8 Å². The summed E-state index contributed by atoms with van der Waals surface area (Å²) in [5.74, 6) is 0. The molecule has 0 rings (SSSR count). The van der Waals surface area contributed by atoms with Gasteiger partial charge in [-0.25, -0.2) is 11.0 Å². The molecule has 2 N–H and O–H groups in total. The Morgan fingerprint density at radius 3 is 2.33 bits per heavy atom. The lowest BCUT2D eigenvalue weighted by Gasteiger charge is -1.98. The zero-order chi connectivity index (χ0) is 9.40. The summed E-state index contributed by atoms with van der Waals surface area (Å²) in [6.45, 7) is 3.64. The molecule has 0 unspecified atom stereocenters. The number of hydrazine groups is 1. The van der Waals surface area contributed by atoms with E-state index in [-0.39, 0.29) is 0 Å². The molecule has 0 aromatic carbocycles. The quantitative estimate of drug-likeness (QED) is 0.367. The molecule has 6 heteroatoms. The first-order chi connectivity index (χ1) is 5.72. The van der Waals surface area contributed by atoms with E-state index >= 15 is 0 Å². The van der Waals surface area contributed by atoms with Gasteiger partial charge in [0.15, 0.2) is 0 Å². The molecule has 0 radical (unpaired) electrons. The molecular formula is C6H14N6. The highest BCUT2D eigenvalue weighted by atomic mass is 15.5. The van der Waals surface area contributed by atoms with Crippen LogP contribution >= 0.6 is 0 Å². The van der Waals surface area contributed by atoms with Crippen molar-refractivity contribution in [3.8, 4) is 0 Å². The van der Waals surface area contributed by atoms with Crippen LogP contribution in [0.4, 0.5) is 0 Å². The highest BCUT2D eigenvalue weighted by Gasteiger charge is 1.94. The highest BCUT2D eigenvalue weighted by Crippen LogP contribution is 1.84. The summed E-state index contributed by atoms with van der Waals surface area (Å²) >= 11 is 0. The van der Waals surface area contributed by atoms with Crippen LogP contribution in [0, 0.1) is 0 Å². The topological polar surface area (TPSA) is 73.5 Å². The van der Waals surface area contributed by atoms with Crippen molar-refractivity contribution in [3.63, 3.8) is 0 Å². The second-order valence-electron chi connectivity index (χ2n) is 2.03. The third kappa shape index (κ3) is 4.51. The van der Waals surface area contributed by atoms with Gasteiger partial charge >= 0.3 is 0 Å². The Morgan fingerprint density at radius 2 is 1.83 bits per heavy atom. The summed E-state index contributed by atoms with van der Waals surface area (Å²) in [7, 11) is 3.30. The van der Waals surface area contributed by atoms with Gasteiger partial charge in [0.1, 0.15) is 0 Å². The Hall–Kier alpha value is -1.30. The zero-order valence-corrected chi connectivity index (χ0v) is 7.79. The molecule has 0 atom stereocenters. The summed E-state index contributed by atoms with van der Waals surface area (Å²) in [5, 5.41) is 14.7. The van der Waals surface area contributed by atoms with E-state index in [1.54, 1.807) is 14.1 Å². The molecule has 0 aromatic rings. The smallest absolute Gasteiger partial charge is 0.0847 e. The lowest BCUT2D eigenvalue weighted by Crippen LogP contribution is -2.24. The van der Waals surface area contributed by atoms with Crippen LogP contribution in [0.25, 0.3) is 0 Å². The van der Waals surface area contributed by atoms with E-state index in [0.717, 1.165) is 11.4 Å². The molecule has 0 fully saturated rings. The highest BCUT2D eigenvalue weighted by molar-refractivity contribution is 6.40. The molecule has 6 nitrogen and oxygen atoms in total. The average Bonchev–Trinajstić information content (AvgIpc) is 2.10. The zero-order valence-electron chi connectivity index (χ0n) is 7.79. The van der Waals surface area contributed by atoms with Crippen LogP contribution in [0.5, 0.6) is 0 Å². The summed E-state index contributed by atoms with van der Waals surface area (Å²) in [6, 6.07) is 0. The van der Waals surface area contributed by atoms with Crippen molar-refractivity contribution < 1.29 is 0 Å². The lowest BCUT2D eigenvalue weighted by atomic mass is 10.3. The van der Waals surface area contributed by atoms with Crippen molar-refractivity contribution in [1.29, 1.82) is 0 Å². The predicted octanol–water partition coefficient (Wildman–Crippen LogP) is 0.544. The number of hydrogen-bond acceptors (Lipinski definition) is 5. The van der Waals surface area contributed by atoms with Crippen LogP contribution in [-0.2, 0) is 0 Å². The molecule has 0 spiro atoms. The largest absolute Gasteiger partial charge is 0.243 e. The van der Waals surface area contributed by atoms with Crippen molar-refractivity contribution in [2.24, 2.45) is 20.5 Å². The van der Waals surface area contributed by atoms with E-state index in [9.17, 15) is 0 Å². The third-order valence-electron chi connectivity index (χ3n) is 1.14. The van der Waals surface area contributed by atoms with Gasteiger partial charge in [-0.15, -0.1) is 5.10 Å². The molecule has 0 amide bonds. The number of rotatable bonds is 4. The number of hydrogen-bond donors (Lipinski definition) is 2. The van der Waals surface area contributed by atoms with Gasteiger partial charge in [0.25, 0.3) is 0 Å². The normalized spacial score (nSPS) is 14.0. The first kappa shape index (κ1) is 10.7. The Balaban J connectivity index is 4.16. The van der Waals surface area contributed by atoms with Crippen LogP contribution in [0.2, 0.25) is 0 Å². The van der Waals surface area contributed by atoms with E-state index < -0.39 is 0 Å². The maximum Gasteiger partial charge on any atom is 0.0847 e. The predicted molar refractivity (Wildman–Crippen MR) is 49.2 cm³/mol. The fourth-order valence-corrected chi connectivity index (χ4v) is 0.405. The van der Waals surface area contributed by atoms with Crippen LogP contribution in [-0.4, -0.2) is 25.5 Å². The molecule has 0 aliphatic heterocycles. The minimum absolute atomic E-state index is 0.725. The van der Waals surface area contributed by atoms with E-state index in [2.05, 4.69) is 31.5 Å². The first-order valence-corrected chi connectivity index (χ1v) is 3.52. The molecule has 0 heterocycles. The number of nitrogens with one attached hydrogen (secondary N) is 2. The molecule has 0 saturated carbocycles. The molecule has 0 aliphatic carbocycles. The minimum atomic E-state index is 0.725. The Morgan fingerprint density at radius 1 is 1.17 bits per heavy atom. The van der Waals surface area contributed by atoms with Gasteiger partial charge in [-0.1, -0.05) is 0 Å². The van der Waals surface area contributed by atoms with Crippen LogP contribution in [0.3, 0.4) is 0 Å². The molecule has 12 heavy (non-hydrogen) atoms. The molecular weight excluding hydrogens is 156 g/mol. The summed E-state index contributed by atoms with van der Waals surface area (Å²) in [4.78, 5) is 0. The van der Waals surface area contributed by atoms with Gasteiger partial charge in [0, 0.05) is 7.05 Å². The average molecular weight is 170 g/mol. The van der Waals surface area contributed by atoms with Gasteiger partial charge in [-0.05, 0) is 19.1 Å². The fourth-order valence-electron chi connectivity index (χ4n) is 0.405. The van der Waals surface area contributed by atoms with Gasteiger partial charge < -0.3 is 0 Å². The Bertz CT molecular complexity index is 204. The van der Waals surface area contributed by atoms with Gasteiger partial charge in [0.2, 0.25) is 0 Å². The molecule has 0 saturated heterocycles. The standard InChI is InChI=1S/C6H14N6/c1-5(9-11-7-3)6(2)10-12-8-4/h7,11H,1-4H3. The fraction of sp³-hybridized carbons (Fsp3) is 0.667. The van der Waals surface area contributed by atoms with Crippen molar-refractivity contribution >= 4 is 11.4 Å². The third-order valence-corrected chi connectivity index (χ3v) is 1.14. The second kappa shape index (κ2) is 6.41. The van der Waals surface area contributed by atoms with Gasteiger partial charge in [-0.3, -0.25) is 0 Å². The second-order valence-corrected chi connectivity index (χ2v) is 2.03. The number of nitrogens with zero attached hydrogens (tertiary/aromatic N) is 4. The van der Waals surface area contributed by atoms with Crippen molar-refractivity contribution in [3.05, 3.63) is 0 Å². The lowest BCUT2D eigenvalue weighted by molar-refractivity contribution is 0.633. The molecule has 68 valence electrons. The Kier molecular flexibility index (Phi) is 5.72. The van der Waals surface area contributed by atoms with Crippen LogP contribution < -0.4 is 11.0 Å². The van der Waals surface area contributed by atoms with E-state index in [1.807, 2.05) is 13.8 Å². The van der Waals surface area contributed by atoms with Gasteiger partial charge in [-0.2, -0.15) is 10.2 Å². The van der Waals surface area contributed by atoms with E-state index in [0.29, 0.717) is 0 Å². The maximum absolute atomic E-state index is 3.92. The monoisotopic (exact) mass is 170 g/mol.